The minimum absolute atomic E-state index is 0.602. The Morgan fingerprint density at radius 3 is 1.57 bits per heavy atom. The standard InChI is InChI=1S/C18H40BrO3P/c1-17(2)11-7-5-9-14-21-23(20,16-13-19)22-15-10-6-8-12-18(3)4/h17-18,20,23H,5-16H2,1-4H3. The van der Waals surface area contributed by atoms with Crippen molar-refractivity contribution >= 4 is 23.9 Å². The topological polar surface area (TPSA) is 38.7 Å². The van der Waals surface area contributed by atoms with Gasteiger partial charge in [-0.3, -0.25) is 0 Å². The molecule has 0 amide bonds. The number of rotatable bonds is 16. The number of hydrogen-bond donors (Lipinski definition) is 1. The molecule has 0 spiro atoms. The number of unbranched alkanes of at least 4 members (excludes halogenated alkanes) is 4. The zero-order valence-corrected chi connectivity index (χ0v) is 18.4. The predicted octanol–water partition coefficient (Wildman–Crippen LogP) is 6.33. The van der Waals surface area contributed by atoms with Crippen LogP contribution in [-0.4, -0.2) is 29.6 Å². The molecule has 0 unspecified atom stereocenters. The Morgan fingerprint density at radius 1 is 0.783 bits per heavy atom. The molecule has 0 rings (SSSR count). The van der Waals surface area contributed by atoms with Crippen LogP contribution in [0.15, 0.2) is 0 Å². The van der Waals surface area contributed by atoms with E-state index in [1.54, 1.807) is 0 Å². The van der Waals surface area contributed by atoms with Gasteiger partial charge in [-0.1, -0.05) is 0 Å². The van der Waals surface area contributed by atoms with E-state index in [2.05, 4.69) is 43.6 Å². The van der Waals surface area contributed by atoms with Gasteiger partial charge in [0, 0.05) is 0 Å². The number of alkyl halides is 1. The van der Waals surface area contributed by atoms with Crippen molar-refractivity contribution in [2.75, 3.05) is 24.7 Å². The Labute approximate surface area is 153 Å². The van der Waals surface area contributed by atoms with E-state index in [9.17, 15) is 4.89 Å². The van der Waals surface area contributed by atoms with Crippen molar-refractivity contribution in [3.63, 3.8) is 0 Å². The Bertz CT molecular complexity index is 243. The number of halogens is 1. The fourth-order valence-corrected chi connectivity index (χ4v) is 5.47. The first-order valence-corrected chi connectivity index (χ1v) is 12.5. The molecular formula is C18H40BrO3P. The third kappa shape index (κ3) is 16.0. The molecule has 0 heterocycles. The van der Waals surface area contributed by atoms with Crippen molar-refractivity contribution in [2.45, 2.75) is 79.1 Å². The molecule has 3 nitrogen and oxygen atoms in total. The van der Waals surface area contributed by atoms with Crippen LogP contribution >= 0.6 is 23.9 Å². The second-order valence-electron chi connectivity index (χ2n) is 7.33. The molecule has 0 radical (unpaired) electrons. The summed E-state index contributed by atoms with van der Waals surface area (Å²) in [7, 11) is -2.96. The van der Waals surface area contributed by atoms with E-state index >= 15 is 0 Å². The molecule has 5 heteroatoms. The fraction of sp³-hybridized carbons (Fsp3) is 1.00. The molecule has 0 aromatic rings. The van der Waals surface area contributed by atoms with Crippen LogP contribution in [-0.2, 0) is 9.05 Å². The summed E-state index contributed by atoms with van der Waals surface area (Å²) in [6.07, 6.45) is 10.0. The van der Waals surface area contributed by atoms with Gasteiger partial charge in [0.15, 0.2) is 0 Å². The van der Waals surface area contributed by atoms with Gasteiger partial charge in [0.05, 0.1) is 0 Å². The summed E-state index contributed by atoms with van der Waals surface area (Å²) in [5.41, 5.74) is 0. The summed E-state index contributed by atoms with van der Waals surface area (Å²) >= 11 is 3.40. The molecule has 0 aliphatic rings. The van der Waals surface area contributed by atoms with Gasteiger partial charge in [-0.15, -0.1) is 0 Å². The summed E-state index contributed by atoms with van der Waals surface area (Å²) in [5.74, 6) is 1.55. The third-order valence-corrected chi connectivity index (χ3v) is 7.24. The minimum atomic E-state index is -2.96. The van der Waals surface area contributed by atoms with Gasteiger partial charge >= 0.3 is 153 Å². The molecule has 0 aliphatic heterocycles. The molecule has 0 aromatic carbocycles. The van der Waals surface area contributed by atoms with Crippen LogP contribution in [0.2, 0.25) is 0 Å². The normalized spacial score (nSPS) is 13.2. The molecule has 1 N–H and O–H groups in total. The molecule has 23 heavy (non-hydrogen) atoms. The van der Waals surface area contributed by atoms with Crippen molar-refractivity contribution in [1.29, 1.82) is 0 Å². The summed E-state index contributed by atoms with van der Waals surface area (Å²) < 4.78 is 11.5. The molecule has 142 valence electrons. The average molecular weight is 415 g/mol. The SMILES string of the molecule is CC(C)CCCCCO[PH](O)(CCBr)OCCCCCC(C)C. The van der Waals surface area contributed by atoms with E-state index < -0.39 is 7.94 Å². The molecule has 0 bridgehead atoms. The van der Waals surface area contributed by atoms with E-state index in [0.717, 1.165) is 30.0 Å². The summed E-state index contributed by atoms with van der Waals surface area (Å²) in [4.78, 5) is 10.6. The zero-order valence-electron chi connectivity index (χ0n) is 15.8. The first kappa shape index (κ1) is 23.8. The van der Waals surface area contributed by atoms with E-state index in [1.807, 2.05) is 0 Å². The van der Waals surface area contributed by atoms with Crippen LogP contribution in [0, 0.1) is 11.8 Å². The zero-order chi connectivity index (χ0) is 17.6. The maximum absolute atomic E-state index is 10.6. The number of hydrogen-bond acceptors (Lipinski definition) is 3. The summed E-state index contributed by atoms with van der Waals surface area (Å²) in [6, 6.07) is 0. The van der Waals surface area contributed by atoms with E-state index in [0.29, 0.717) is 19.4 Å². The Morgan fingerprint density at radius 2 is 1.22 bits per heavy atom. The Balaban J connectivity index is 3.78. The molecule has 0 atom stereocenters. The van der Waals surface area contributed by atoms with Gasteiger partial charge in [-0.2, -0.15) is 0 Å². The molecule has 0 saturated carbocycles. The molecule has 0 fully saturated rings. The van der Waals surface area contributed by atoms with E-state index in [4.69, 9.17) is 9.05 Å². The fourth-order valence-electron chi connectivity index (χ4n) is 2.43. The van der Waals surface area contributed by atoms with Gasteiger partial charge in [0.25, 0.3) is 0 Å². The van der Waals surface area contributed by atoms with Crippen LogP contribution in [0.4, 0.5) is 0 Å². The summed E-state index contributed by atoms with van der Waals surface area (Å²) in [5, 5.41) is 0.733. The summed E-state index contributed by atoms with van der Waals surface area (Å²) in [6.45, 7) is 10.3. The Hall–Kier alpha value is 0.790. The van der Waals surface area contributed by atoms with Crippen molar-refractivity contribution in [2.24, 2.45) is 11.8 Å². The van der Waals surface area contributed by atoms with Crippen LogP contribution in [0.3, 0.4) is 0 Å². The molecule has 0 aliphatic carbocycles. The monoisotopic (exact) mass is 414 g/mol. The third-order valence-electron chi connectivity index (χ3n) is 3.92. The molecule has 0 aromatic heterocycles. The van der Waals surface area contributed by atoms with Crippen molar-refractivity contribution in [1.82, 2.24) is 0 Å². The second kappa shape index (κ2) is 15.1. The first-order chi connectivity index (χ1) is 10.9. The van der Waals surface area contributed by atoms with Gasteiger partial charge in [0.1, 0.15) is 0 Å². The first-order valence-electron chi connectivity index (χ1n) is 9.46. The quantitative estimate of drug-likeness (QED) is 0.182. The van der Waals surface area contributed by atoms with Crippen LogP contribution < -0.4 is 0 Å². The van der Waals surface area contributed by atoms with Gasteiger partial charge in [-0.05, 0) is 0 Å². The molecule has 0 saturated heterocycles. The van der Waals surface area contributed by atoms with Crippen molar-refractivity contribution in [3.05, 3.63) is 0 Å². The van der Waals surface area contributed by atoms with Gasteiger partial charge in [-0.25, -0.2) is 0 Å². The van der Waals surface area contributed by atoms with Gasteiger partial charge < -0.3 is 0 Å². The van der Waals surface area contributed by atoms with Crippen LogP contribution in [0.1, 0.15) is 79.1 Å². The second-order valence-corrected chi connectivity index (χ2v) is 10.6. The Kier molecular flexibility index (Phi) is 15.6. The predicted molar refractivity (Wildman–Crippen MR) is 108 cm³/mol. The average Bonchev–Trinajstić information content (AvgIpc) is 2.46. The van der Waals surface area contributed by atoms with Crippen molar-refractivity contribution in [3.8, 4) is 0 Å². The van der Waals surface area contributed by atoms with E-state index in [-0.39, 0.29) is 0 Å². The maximum atomic E-state index is 10.6. The van der Waals surface area contributed by atoms with Gasteiger partial charge in [0.2, 0.25) is 0 Å². The van der Waals surface area contributed by atoms with Crippen LogP contribution in [0.25, 0.3) is 0 Å². The van der Waals surface area contributed by atoms with Crippen molar-refractivity contribution < 1.29 is 13.9 Å². The van der Waals surface area contributed by atoms with E-state index in [1.165, 1.54) is 38.5 Å². The molecular weight excluding hydrogens is 375 g/mol. The van der Waals surface area contributed by atoms with Crippen LogP contribution in [0.5, 0.6) is 0 Å².